The molecular formula is C28H40O5Si. The Morgan fingerprint density at radius 2 is 1.53 bits per heavy atom. The molecule has 4 atom stereocenters. The van der Waals surface area contributed by atoms with Gasteiger partial charge in [-0.15, -0.1) is 0 Å². The van der Waals surface area contributed by atoms with Crippen LogP contribution in [-0.4, -0.2) is 56.8 Å². The standard InChI is InChI=1S/C28H40O5Si/c1-27(2,3)34(23-12-8-6-9-13-23,24-14-10-7-11-15-24)31-20-26-25(29)17-16-21(32-26)18-22-19-30-28(4,5)33-22/h6-15,21-22,25-26,29H,16-20H2,1-5H3/t21-,22?,25+,26-/m1/s1. The average Bonchev–Trinajstić information content (AvgIpc) is 3.14. The predicted molar refractivity (Wildman–Crippen MR) is 137 cm³/mol. The zero-order valence-corrected chi connectivity index (χ0v) is 22.2. The zero-order chi connectivity index (χ0) is 24.4. The molecule has 2 fully saturated rings. The second-order valence-corrected chi connectivity index (χ2v) is 15.4. The molecule has 0 aromatic heterocycles. The van der Waals surface area contributed by atoms with Gasteiger partial charge in [0.15, 0.2) is 5.79 Å². The van der Waals surface area contributed by atoms with Gasteiger partial charge in [-0.3, -0.25) is 0 Å². The lowest BCUT2D eigenvalue weighted by Crippen LogP contribution is -2.67. The van der Waals surface area contributed by atoms with Crippen LogP contribution in [0.1, 0.15) is 53.9 Å². The quantitative estimate of drug-likeness (QED) is 0.602. The Labute approximate surface area is 205 Å². The third-order valence-corrected chi connectivity index (χ3v) is 12.1. The number of hydrogen-bond acceptors (Lipinski definition) is 5. The van der Waals surface area contributed by atoms with E-state index in [-0.39, 0.29) is 23.4 Å². The van der Waals surface area contributed by atoms with Crippen molar-refractivity contribution < 1.29 is 23.7 Å². The summed E-state index contributed by atoms with van der Waals surface area (Å²) < 4.78 is 25.2. The molecule has 4 rings (SSSR count). The van der Waals surface area contributed by atoms with Crippen LogP contribution in [0.15, 0.2) is 60.7 Å². The Morgan fingerprint density at radius 1 is 0.941 bits per heavy atom. The molecule has 5 nitrogen and oxygen atoms in total. The first-order valence-electron chi connectivity index (χ1n) is 12.5. The highest BCUT2D eigenvalue weighted by Crippen LogP contribution is 2.37. The van der Waals surface area contributed by atoms with Crippen LogP contribution in [-0.2, 0) is 18.6 Å². The number of aliphatic hydroxyl groups is 1. The average molecular weight is 485 g/mol. The SMILES string of the molecule is CC1(C)OCC(C[C@H]2CC[C@H](O)[C@@H](CO[Si](c3ccccc3)(c3ccccc3)C(C)(C)C)O2)O1. The van der Waals surface area contributed by atoms with Crippen LogP contribution in [0.5, 0.6) is 0 Å². The Morgan fingerprint density at radius 3 is 2.03 bits per heavy atom. The molecule has 1 unspecified atom stereocenters. The van der Waals surface area contributed by atoms with Gasteiger partial charge in [0.25, 0.3) is 8.32 Å². The van der Waals surface area contributed by atoms with E-state index in [4.69, 9.17) is 18.6 Å². The summed E-state index contributed by atoms with van der Waals surface area (Å²) in [6, 6.07) is 21.2. The van der Waals surface area contributed by atoms with E-state index in [0.717, 1.165) is 12.8 Å². The molecule has 0 spiro atoms. The topological polar surface area (TPSA) is 57.2 Å². The fourth-order valence-electron chi connectivity index (χ4n) is 5.41. The first-order chi connectivity index (χ1) is 16.1. The van der Waals surface area contributed by atoms with E-state index < -0.39 is 20.2 Å². The summed E-state index contributed by atoms with van der Waals surface area (Å²) >= 11 is 0. The van der Waals surface area contributed by atoms with Crippen molar-refractivity contribution in [3.8, 4) is 0 Å². The van der Waals surface area contributed by atoms with Crippen LogP contribution in [0.3, 0.4) is 0 Å². The molecule has 2 aliphatic rings. The van der Waals surface area contributed by atoms with E-state index in [1.165, 1.54) is 10.4 Å². The Hall–Kier alpha value is -1.54. The molecule has 186 valence electrons. The van der Waals surface area contributed by atoms with Crippen LogP contribution >= 0.6 is 0 Å². The van der Waals surface area contributed by atoms with E-state index in [1.54, 1.807) is 0 Å². The summed E-state index contributed by atoms with van der Waals surface area (Å²) in [4.78, 5) is 0. The minimum Gasteiger partial charge on any atom is -0.405 e. The van der Waals surface area contributed by atoms with Gasteiger partial charge in [-0.2, -0.15) is 0 Å². The molecule has 0 aliphatic carbocycles. The van der Waals surface area contributed by atoms with Crippen LogP contribution in [0, 0.1) is 0 Å². The molecule has 0 saturated carbocycles. The van der Waals surface area contributed by atoms with Crippen LogP contribution in [0.25, 0.3) is 0 Å². The van der Waals surface area contributed by atoms with Gasteiger partial charge in [-0.1, -0.05) is 81.4 Å². The number of ether oxygens (including phenoxy) is 3. The molecule has 1 N–H and O–H groups in total. The van der Waals surface area contributed by atoms with E-state index in [0.29, 0.717) is 19.6 Å². The van der Waals surface area contributed by atoms with Gasteiger partial charge in [0.1, 0.15) is 6.10 Å². The molecule has 2 heterocycles. The summed E-state index contributed by atoms with van der Waals surface area (Å²) in [7, 11) is -2.68. The van der Waals surface area contributed by atoms with Gasteiger partial charge in [0.05, 0.1) is 31.5 Å². The minimum absolute atomic E-state index is 0.0217. The lowest BCUT2D eigenvalue weighted by Gasteiger charge is -2.44. The lowest BCUT2D eigenvalue weighted by molar-refractivity contribution is -0.159. The second-order valence-electron chi connectivity index (χ2n) is 11.1. The van der Waals surface area contributed by atoms with Crippen LogP contribution in [0.2, 0.25) is 5.04 Å². The molecule has 6 heteroatoms. The Balaban J connectivity index is 1.55. The van der Waals surface area contributed by atoms with Crippen molar-refractivity contribution in [2.45, 2.75) is 89.1 Å². The molecule has 0 radical (unpaired) electrons. The largest absolute Gasteiger partial charge is 0.405 e. The predicted octanol–water partition coefficient (Wildman–Crippen LogP) is 4.01. The van der Waals surface area contributed by atoms with Crippen molar-refractivity contribution in [2.75, 3.05) is 13.2 Å². The highest BCUT2D eigenvalue weighted by atomic mass is 28.4. The molecule has 2 aliphatic heterocycles. The summed E-state index contributed by atoms with van der Waals surface area (Å²) in [5, 5.41) is 13.2. The van der Waals surface area contributed by atoms with Crippen LogP contribution < -0.4 is 10.4 Å². The summed E-state index contributed by atoms with van der Waals surface area (Å²) in [5.41, 5.74) is 0. The maximum atomic E-state index is 10.8. The van der Waals surface area contributed by atoms with Crippen molar-refractivity contribution in [1.29, 1.82) is 0 Å². The fraction of sp³-hybridized carbons (Fsp3) is 0.571. The normalized spacial score (nSPS) is 27.6. The first-order valence-corrected chi connectivity index (χ1v) is 14.4. The lowest BCUT2D eigenvalue weighted by atomic mass is 9.98. The maximum absolute atomic E-state index is 10.8. The molecular weight excluding hydrogens is 444 g/mol. The Bertz CT molecular complexity index is 872. The van der Waals surface area contributed by atoms with Crippen molar-refractivity contribution in [2.24, 2.45) is 0 Å². The van der Waals surface area contributed by atoms with E-state index >= 15 is 0 Å². The zero-order valence-electron chi connectivity index (χ0n) is 21.2. The van der Waals surface area contributed by atoms with E-state index in [1.807, 2.05) is 26.0 Å². The fourth-order valence-corrected chi connectivity index (χ4v) is 9.98. The maximum Gasteiger partial charge on any atom is 0.261 e. The van der Waals surface area contributed by atoms with Gasteiger partial charge in [0.2, 0.25) is 0 Å². The van der Waals surface area contributed by atoms with Crippen molar-refractivity contribution in [3.05, 3.63) is 60.7 Å². The van der Waals surface area contributed by atoms with Gasteiger partial charge in [-0.05, 0) is 42.1 Å². The summed E-state index contributed by atoms with van der Waals surface area (Å²) in [5.74, 6) is -0.537. The number of rotatable bonds is 7. The molecule has 2 saturated heterocycles. The highest BCUT2D eigenvalue weighted by molar-refractivity contribution is 6.99. The molecule has 0 bridgehead atoms. The summed E-state index contributed by atoms with van der Waals surface area (Å²) in [6.07, 6.45) is 1.44. The molecule has 2 aromatic rings. The van der Waals surface area contributed by atoms with Gasteiger partial charge < -0.3 is 23.7 Å². The third-order valence-electron chi connectivity index (χ3n) is 7.05. The summed E-state index contributed by atoms with van der Waals surface area (Å²) in [6.45, 7) is 11.6. The van der Waals surface area contributed by atoms with E-state index in [2.05, 4.69) is 69.3 Å². The molecule has 34 heavy (non-hydrogen) atoms. The molecule has 2 aromatic carbocycles. The van der Waals surface area contributed by atoms with Gasteiger partial charge >= 0.3 is 0 Å². The monoisotopic (exact) mass is 484 g/mol. The van der Waals surface area contributed by atoms with E-state index in [9.17, 15) is 5.11 Å². The number of benzene rings is 2. The van der Waals surface area contributed by atoms with Crippen molar-refractivity contribution in [1.82, 2.24) is 0 Å². The van der Waals surface area contributed by atoms with Crippen molar-refractivity contribution in [3.63, 3.8) is 0 Å². The van der Waals surface area contributed by atoms with Gasteiger partial charge in [0, 0.05) is 6.42 Å². The van der Waals surface area contributed by atoms with Gasteiger partial charge in [-0.25, -0.2) is 0 Å². The smallest absolute Gasteiger partial charge is 0.261 e. The molecule has 0 amide bonds. The third kappa shape index (κ3) is 5.48. The van der Waals surface area contributed by atoms with Crippen LogP contribution in [0.4, 0.5) is 0 Å². The number of aliphatic hydroxyl groups excluding tert-OH is 1. The Kier molecular flexibility index (Phi) is 7.67. The second kappa shape index (κ2) is 10.2. The first kappa shape index (κ1) is 25.5. The highest BCUT2D eigenvalue weighted by Gasteiger charge is 2.51. The van der Waals surface area contributed by atoms with Crippen molar-refractivity contribution >= 4 is 18.7 Å². The number of hydrogen-bond donors (Lipinski definition) is 1. The minimum atomic E-state index is -2.68.